The van der Waals surface area contributed by atoms with Gasteiger partial charge >= 0.3 is 0 Å². The van der Waals surface area contributed by atoms with Crippen molar-refractivity contribution in [2.24, 2.45) is 5.92 Å². The Bertz CT molecular complexity index is 1280. The van der Waals surface area contributed by atoms with E-state index in [0.29, 0.717) is 24.6 Å². The van der Waals surface area contributed by atoms with E-state index in [2.05, 4.69) is 58.5 Å². The zero-order valence-corrected chi connectivity index (χ0v) is 20.4. The molecule has 2 heterocycles. The van der Waals surface area contributed by atoms with Crippen molar-refractivity contribution in [3.63, 3.8) is 0 Å². The first-order chi connectivity index (χ1) is 16.6. The van der Waals surface area contributed by atoms with Gasteiger partial charge in [0.2, 0.25) is 5.91 Å². The quantitative estimate of drug-likeness (QED) is 0.298. The molecule has 1 aromatic heterocycles. The van der Waals surface area contributed by atoms with Gasteiger partial charge in [0.25, 0.3) is 0 Å². The highest BCUT2D eigenvalue weighted by Gasteiger charge is 2.16. The van der Waals surface area contributed by atoms with Crippen LogP contribution in [0.1, 0.15) is 38.2 Å². The Morgan fingerprint density at radius 2 is 1.91 bits per heavy atom. The molecule has 1 N–H and O–H groups in total. The molecule has 34 heavy (non-hydrogen) atoms. The van der Waals surface area contributed by atoms with Crippen LogP contribution < -0.4 is 10.1 Å². The fourth-order valence-corrected chi connectivity index (χ4v) is 5.41. The van der Waals surface area contributed by atoms with Gasteiger partial charge in [-0.15, -0.1) is 0 Å². The number of amides is 1. The molecule has 1 saturated heterocycles. The summed E-state index contributed by atoms with van der Waals surface area (Å²) in [6.45, 7) is 6.18. The predicted molar refractivity (Wildman–Crippen MR) is 141 cm³/mol. The van der Waals surface area contributed by atoms with Gasteiger partial charge in [-0.1, -0.05) is 54.7 Å². The number of hydrogen-bond donors (Lipinski definition) is 1. The van der Waals surface area contributed by atoms with Gasteiger partial charge in [0.05, 0.1) is 16.8 Å². The van der Waals surface area contributed by atoms with Crippen molar-refractivity contribution in [1.82, 2.24) is 9.88 Å². The van der Waals surface area contributed by atoms with Crippen LogP contribution in [0, 0.1) is 5.92 Å². The van der Waals surface area contributed by atoms with E-state index in [1.54, 1.807) is 11.3 Å². The molecule has 0 spiro atoms. The zero-order chi connectivity index (χ0) is 23.3. The van der Waals surface area contributed by atoms with Gasteiger partial charge in [0, 0.05) is 13.0 Å². The predicted octanol–water partition coefficient (Wildman–Crippen LogP) is 6.48. The van der Waals surface area contributed by atoms with Gasteiger partial charge in [-0.25, -0.2) is 4.98 Å². The molecule has 5 rings (SSSR count). The summed E-state index contributed by atoms with van der Waals surface area (Å²) in [7, 11) is 0. The minimum absolute atomic E-state index is 0.0242. The SMILES string of the molecule is CC1CCN(Cc2ccc3nc(NC(=O)CCCOc4ccc5ccccc5c4)sc3c2)CC1. The van der Waals surface area contributed by atoms with Gasteiger partial charge in [-0.05, 0) is 78.9 Å². The molecule has 0 bridgehead atoms. The number of rotatable bonds is 8. The standard InChI is InChI=1S/C28H31N3O2S/c1-20-12-14-31(15-13-20)19-21-8-11-25-26(17-21)34-28(29-25)30-27(32)7-4-16-33-24-10-9-22-5-2-3-6-23(22)18-24/h2-3,5-6,8-11,17-18,20H,4,7,12-16,19H2,1H3,(H,29,30,32). The van der Waals surface area contributed by atoms with Gasteiger partial charge < -0.3 is 10.1 Å². The highest BCUT2D eigenvalue weighted by molar-refractivity contribution is 7.22. The Kier molecular flexibility index (Phi) is 7.07. The van der Waals surface area contributed by atoms with E-state index in [1.165, 1.54) is 36.9 Å². The van der Waals surface area contributed by atoms with Crippen LogP contribution in [0.25, 0.3) is 21.0 Å². The van der Waals surface area contributed by atoms with Crippen molar-refractivity contribution in [2.45, 2.75) is 39.2 Å². The number of carbonyl (C=O) groups excluding carboxylic acids is 1. The van der Waals surface area contributed by atoms with E-state index in [1.807, 2.05) is 24.3 Å². The number of likely N-dealkylation sites (tertiary alicyclic amines) is 1. The largest absolute Gasteiger partial charge is 0.494 e. The smallest absolute Gasteiger partial charge is 0.226 e. The van der Waals surface area contributed by atoms with E-state index < -0.39 is 0 Å². The molecule has 6 heteroatoms. The molecular weight excluding hydrogens is 442 g/mol. The van der Waals surface area contributed by atoms with Crippen molar-refractivity contribution in [2.75, 3.05) is 25.0 Å². The van der Waals surface area contributed by atoms with E-state index in [-0.39, 0.29) is 5.91 Å². The lowest BCUT2D eigenvalue weighted by Gasteiger charge is -2.30. The summed E-state index contributed by atoms with van der Waals surface area (Å²) in [6.07, 6.45) is 3.63. The lowest BCUT2D eigenvalue weighted by atomic mass is 9.99. The normalized spacial score (nSPS) is 15.1. The Labute approximate surface area is 204 Å². The number of fused-ring (bicyclic) bond motifs is 2. The third kappa shape index (κ3) is 5.75. The van der Waals surface area contributed by atoms with Crippen LogP contribution in [-0.2, 0) is 11.3 Å². The van der Waals surface area contributed by atoms with Gasteiger partial charge in [0.15, 0.2) is 5.13 Å². The number of carbonyl (C=O) groups is 1. The Morgan fingerprint density at radius 3 is 2.76 bits per heavy atom. The third-order valence-corrected chi connectivity index (χ3v) is 7.45. The number of benzene rings is 3. The molecule has 1 fully saturated rings. The second-order valence-corrected chi connectivity index (χ2v) is 10.3. The molecule has 1 aliphatic rings. The van der Waals surface area contributed by atoms with Gasteiger partial charge in [0.1, 0.15) is 5.75 Å². The molecule has 0 atom stereocenters. The number of aromatic nitrogens is 1. The summed E-state index contributed by atoms with van der Waals surface area (Å²) >= 11 is 1.55. The molecule has 1 aliphatic heterocycles. The number of anilines is 1. The number of ether oxygens (including phenoxy) is 1. The average molecular weight is 474 g/mol. The lowest BCUT2D eigenvalue weighted by molar-refractivity contribution is -0.116. The van der Waals surface area contributed by atoms with E-state index in [4.69, 9.17) is 4.74 Å². The summed E-state index contributed by atoms with van der Waals surface area (Å²) in [5.74, 6) is 1.65. The summed E-state index contributed by atoms with van der Waals surface area (Å²) in [6, 6.07) is 20.7. The average Bonchev–Trinajstić information content (AvgIpc) is 3.24. The van der Waals surface area contributed by atoms with Crippen molar-refractivity contribution >= 4 is 43.4 Å². The third-order valence-electron chi connectivity index (χ3n) is 6.52. The van der Waals surface area contributed by atoms with Crippen LogP contribution in [0.3, 0.4) is 0 Å². The molecule has 5 nitrogen and oxygen atoms in total. The maximum atomic E-state index is 12.4. The maximum absolute atomic E-state index is 12.4. The first-order valence-electron chi connectivity index (χ1n) is 12.2. The molecule has 0 unspecified atom stereocenters. The highest BCUT2D eigenvalue weighted by Crippen LogP contribution is 2.28. The molecule has 0 saturated carbocycles. The van der Waals surface area contributed by atoms with Crippen LogP contribution in [0.4, 0.5) is 5.13 Å². The fraction of sp³-hybridized carbons (Fsp3) is 0.357. The van der Waals surface area contributed by atoms with Crippen molar-refractivity contribution in [3.05, 3.63) is 66.2 Å². The molecule has 4 aromatic rings. The first-order valence-corrected chi connectivity index (χ1v) is 13.0. The Morgan fingerprint density at radius 1 is 1.09 bits per heavy atom. The van der Waals surface area contributed by atoms with E-state index in [9.17, 15) is 4.79 Å². The van der Waals surface area contributed by atoms with E-state index in [0.717, 1.165) is 33.8 Å². The summed E-state index contributed by atoms with van der Waals surface area (Å²) < 4.78 is 6.97. The molecular formula is C28H31N3O2S. The topological polar surface area (TPSA) is 54.5 Å². The zero-order valence-electron chi connectivity index (χ0n) is 19.6. The number of thiazole rings is 1. The second-order valence-electron chi connectivity index (χ2n) is 9.29. The van der Waals surface area contributed by atoms with Crippen LogP contribution in [0.5, 0.6) is 5.75 Å². The number of piperidine rings is 1. The molecule has 0 aliphatic carbocycles. The van der Waals surface area contributed by atoms with Crippen LogP contribution in [-0.4, -0.2) is 35.5 Å². The van der Waals surface area contributed by atoms with Crippen LogP contribution >= 0.6 is 11.3 Å². The maximum Gasteiger partial charge on any atom is 0.226 e. The van der Waals surface area contributed by atoms with Gasteiger partial charge in [-0.2, -0.15) is 0 Å². The van der Waals surface area contributed by atoms with E-state index >= 15 is 0 Å². The molecule has 1 amide bonds. The summed E-state index contributed by atoms with van der Waals surface area (Å²) in [5, 5.41) is 5.98. The van der Waals surface area contributed by atoms with Crippen molar-refractivity contribution in [1.29, 1.82) is 0 Å². The number of nitrogens with one attached hydrogen (secondary N) is 1. The Hall–Kier alpha value is -2.96. The lowest BCUT2D eigenvalue weighted by Crippen LogP contribution is -2.32. The fourth-order valence-electron chi connectivity index (χ4n) is 4.46. The number of hydrogen-bond acceptors (Lipinski definition) is 5. The minimum Gasteiger partial charge on any atom is -0.494 e. The second kappa shape index (κ2) is 10.5. The molecule has 0 radical (unpaired) electrons. The number of nitrogens with zero attached hydrogens (tertiary/aromatic N) is 2. The van der Waals surface area contributed by atoms with Crippen LogP contribution in [0.15, 0.2) is 60.7 Å². The van der Waals surface area contributed by atoms with Crippen LogP contribution in [0.2, 0.25) is 0 Å². The first kappa shape index (κ1) is 22.8. The van der Waals surface area contributed by atoms with Crippen molar-refractivity contribution < 1.29 is 9.53 Å². The molecule has 3 aromatic carbocycles. The Balaban J connectivity index is 1.10. The molecule has 176 valence electrons. The minimum atomic E-state index is -0.0242. The summed E-state index contributed by atoms with van der Waals surface area (Å²) in [5.41, 5.74) is 2.25. The summed E-state index contributed by atoms with van der Waals surface area (Å²) in [4.78, 5) is 19.6. The monoisotopic (exact) mass is 473 g/mol. The van der Waals surface area contributed by atoms with Crippen molar-refractivity contribution in [3.8, 4) is 5.75 Å². The van der Waals surface area contributed by atoms with Gasteiger partial charge in [-0.3, -0.25) is 9.69 Å². The highest BCUT2D eigenvalue weighted by atomic mass is 32.1.